The summed E-state index contributed by atoms with van der Waals surface area (Å²) in [5.74, 6) is -0.232. The number of rotatable bonds is 5. The van der Waals surface area contributed by atoms with Gasteiger partial charge >= 0.3 is 0 Å². The van der Waals surface area contributed by atoms with Gasteiger partial charge in [0.05, 0.1) is 11.6 Å². The molecule has 0 saturated carbocycles. The Morgan fingerprint density at radius 2 is 2.04 bits per heavy atom. The minimum atomic E-state index is -0.560. The molecule has 1 N–H and O–H groups in total. The van der Waals surface area contributed by atoms with Crippen molar-refractivity contribution < 1.29 is 18.3 Å². The molecule has 24 heavy (non-hydrogen) atoms. The molecule has 0 amide bonds. The number of hydrogen-bond donors (Lipinski definition) is 1. The van der Waals surface area contributed by atoms with Crippen molar-refractivity contribution in [3.8, 4) is 17.2 Å². The van der Waals surface area contributed by atoms with Gasteiger partial charge in [-0.2, -0.15) is 0 Å². The highest BCUT2D eigenvalue weighted by molar-refractivity contribution is 6.32. The van der Waals surface area contributed by atoms with Crippen LogP contribution in [0.2, 0.25) is 5.02 Å². The summed E-state index contributed by atoms with van der Waals surface area (Å²) in [6.07, 6.45) is 2.17. The fourth-order valence-electron chi connectivity index (χ4n) is 2.64. The van der Waals surface area contributed by atoms with Crippen LogP contribution in [0.25, 0.3) is 0 Å². The van der Waals surface area contributed by atoms with Crippen LogP contribution in [0.5, 0.6) is 17.2 Å². The molecular weight excluding hydrogens is 336 g/mol. The van der Waals surface area contributed by atoms with Crippen molar-refractivity contribution in [3.05, 3.63) is 53.1 Å². The number of halogens is 3. The number of hydrogen-bond acceptors (Lipinski definition) is 3. The van der Waals surface area contributed by atoms with E-state index in [-0.39, 0.29) is 16.5 Å². The molecule has 2 aromatic rings. The van der Waals surface area contributed by atoms with Crippen molar-refractivity contribution >= 4 is 11.6 Å². The van der Waals surface area contributed by atoms with Gasteiger partial charge < -0.3 is 14.8 Å². The van der Waals surface area contributed by atoms with Gasteiger partial charge in [0.25, 0.3) is 0 Å². The molecule has 1 aliphatic rings. The summed E-state index contributed by atoms with van der Waals surface area (Å²) < 4.78 is 38.6. The third-order valence-corrected chi connectivity index (χ3v) is 4.21. The van der Waals surface area contributed by atoms with Gasteiger partial charge in [0, 0.05) is 12.5 Å². The average Bonchev–Trinajstić information content (AvgIpc) is 2.58. The first-order valence-corrected chi connectivity index (χ1v) is 8.26. The molecule has 2 aromatic carbocycles. The number of ether oxygens (including phenoxy) is 2. The monoisotopic (exact) mass is 353 g/mol. The summed E-state index contributed by atoms with van der Waals surface area (Å²) in [5, 5.41) is 3.38. The number of para-hydroxylation sites is 1. The Balaban J connectivity index is 1.76. The molecule has 1 aliphatic heterocycles. The van der Waals surface area contributed by atoms with Gasteiger partial charge in [-0.05, 0) is 49.7 Å². The van der Waals surface area contributed by atoms with E-state index in [1.54, 1.807) is 12.1 Å². The van der Waals surface area contributed by atoms with Gasteiger partial charge in [0.1, 0.15) is 11.6 Å². The summed E-state index contributed by atoms with van der Waals surface area (Å²) in [4.78, 5) is 0. The molecule has 6 heteroatoms. The Morgan fingerprint density at radius 1 is 1.17 bits per heavy atom. The molecule has 0 aromatic heterocycles. The second-order valence-electron chi connectivity index (χ2n) is 5.77. The summed E-state index contributed by atoms with van der Waals surface area (Å²) in [5.41, 5.74) is 0. The van der Waals surface area contributed by atoms with E-state index < -0.39 is 11.6 Å². The highest BCUT2D eigenvalue weighted by Crippen LogP contribution is 2.37. The number of nitrogens with one attached hydrogen (secondary N) is 1. The first kappa shape index (κ1) is 17.0. The van der Waals surface area contributed by atoms with Gasteiger partial charge in [-0.15, -0.1) is 0 Å². The molecule has 1 saturated heterocycles. The lowest BCUT2D eigenvalue weighted by molar-refractivity contribution is 0.211. The Kier molecular flexibility index (Phi) is 5.53. The van der Waals surface area contributed by atoms with Gasteiger partial charge in [-0.1, -0.05) is 17.7 Å². The highest BCUT2D eigenvalue weighted by atomic mass is 35.5. The molecular formula is C18H18ClF2NO2. The number of piperidine rings is 1. The van der Waals surface area contributed by atoms with Crippen molar-refractivity contribution in [2.45, 2.75) is 12.8 Å². The van der Waals surface area contributed by atoms with Crippen LogP contribution in [-0.4, -0.2) is 19.7 Å². The van der Waals surface area contributed by atoms with E-state index in [0.717, 1.165) is 32.0 Å². The molecule has 128 valence electrons. The summed E-state index contributed by atoms with van der Waals surface area (Å²) in [6.45, 7) is 2.38. The average molecular weight is 354 g/mol. The van der Waals surface area contributed by atoms with Crippen LogP contribution in [0.4, 0.5) is 8.78 Å². The van der Waals surface area contributed by atoms with E-state index in [1.165, 1.54) is 18.2 Å². The van der Waals surface area contributed by atoms with Crippen molar-refractivity contribution in [2.75, 3.05) is 19.7 Å². The second kappa shape index (κ2) is 7.81. The molecule has 1 fully saturated rings. The molecule has 3 rings (SSSR count). The van der Waals surface area contributed by atoms with Crippen molar-refractivity contribution in [3.63, 3.8) is 0 Å². The fraction of sp³-hybridized carbons (Fsp3) is 0.333. The molecule has 0 bridgehead atoms. The molecule has 0 aliphatic carbocycles. The van der Waals surface area contributed by atoms with Crippen LogP contribution >= 0.6 is 11.6 Å². The van der Waals surface area contributed by atoms with Crippen LogP contribution in [0.1, 0.15) is 12.8 Å². The maximum absolute atomic E-state index is 14.2. The molecule has 1 atom stereocenters. The lowest BCUT2D eigenvalue weighted by Crippen LogP contribution is -2.33. The maximum atomic E-state index is 14.2. The van der Waals surface area contributed by atoms with Crippen molar-refractivity contribution in [1.82, 2.24) is 5.32 Å². The Labute approximate surface area is 144 Å². The summed E-state index contributed by atoms with van der Waals surface area (Å²) >= 11 is 5.95. The van der Waals surface area contributed by atoms with Gasteiger partial charge in [-0.25, -0.2) is 8.78 Å². The van der Waals surface area contributed by atoms with Crippen molar-refractivity contribution in [2.24, 2.45) is 5.92 Å². The van der Waals surface area contributed by atoms with Gasteiger partial charge in [0.15, 0.2) is 11.6 Å². The SMILES string of the molecule is Fc1ccc(Oc2c(F)cccc2OCC2CCCNC2)c(Cl)c1. The zero-order valence-corrected chi connectivity index (χ0v) is 13.8. The van der Waals surface area contributed by atoms with E-state index in [9.17, 15) is 8.78 Å². The minimum absolute atomic E-state index is 0.0465. The molecule has 0 radical (unpaired) electrons. The largest absolute Gasteiger partial charge is 0.489 e. The normalized spacial score (nSPS) is 17.5. The quantitative estimate of drug-likeness (QED) is 0.838. The van der Waals surface area contributed by atoms with E-state index in [1.807, 2.05) is 0 Å². The second-order valence-corrected chi connectivity index (χ2v) is 6.17. The third-order valence-electron chi connectivity index (χ3n) is 3.91. The summed E-state index contributed by atoms with van der Waals surface area (Å²) in [7, 11) is 0. The van der Waals surface area contributed by atoms with E-state index in [0.29, 0.717) is 18.3 Å². The zero-order valence-electron chi connectivity index (χ0n) is 13.0. The van der Waals surface area contributed by atoms with Crippen LogP contribution in [0, 0.1) is 17.6 Å². The van der Waals surface area contributed by atoms with Crippen LogP contribution < -0.4 is 14.8 Å². The van der Waals surface area contributed by atoms with Crippen molar-refractivity contribution in [1.29, 1.82) is 0 Å². The van der Waals surface area contributed by atoms with E-state index >= 15 is 0 Å². The van der Waals surface area contributed by atoms with Crippen LogP contribution in [-0.2, 0) is 0 Å². The lowest BCUT2D eigenvalue weighted by atomic mass is 10.0. The van der Waals surface area contributed by atoms with E-state index in [4.69, 9.17) is 21.1 Å². The zero-order chi connectivity index (χ0) is 16.9. The third kappa shape index (κ3) is 4.16. The Bertz CT molecular complexity index is 705. The predicted molar refractivity (Wildman–Crippen MR) is 89.0 cm³/mol. The highest BCUT2D eigenvalue weighted by Gasteiger charge is 2.18. The molecule has 0 spiro atoms. The Hall–Kier alpha value is -1.85. The minimum Gasteiger partial charge on any atom is -0.489 e. The first-order valence-electron chi connectivity index (χ1n) is 7.88. The van der Waals surface area contributed by atoms with Gasteiger partial charge in [0.2, 0.25) is 5.75 Å². The smallest absolute Gasteiger partial charge is 0.204 e. The fourth-order valence-corrected chi connectivity index (χ4v) is 2.85. The van der Waals surface area contributed by atoms with Crippen LogP contribution in [0.3, 0.4) is 0 Å². The molecule has 1 heterocycles. The topological polar surface area (TPSA) is 30.5 Å². The first-order chi connectivity index (χ1) is 11.6. The van der Waals surface area contributed by atoms with Gasteiger partial charge in [-0.3, -0.25) is 0 Å². The standard InChI is InChI=1S/C18H18ClF2NO2/c19-14-9-13(20)6-7-16(14)24-18-15(21)4-1-5-17(18)23-11-12-3-2-8-22-10-12/h1,4-7,9,12,22H,2-3,8,10-11H2. The Morgan fingerprint density at radius 3 is 2.79 bits per heavy atom. The maximum Gasteiger partial charge on any atom is 0.204 e. The lowest BCUT2D eigenvalue weighted by Gasteiger charge is -2.23. The number of benzene rings is 2. The molecule has 1 unspecified atom stereocenters. The predicted octanol–water partition coefficient (Wildman–Crippen LogP) is 4.79. The molecule has 3 nitrogen and oxygen atoms in total. The van der Waals surface area contributed by atoms with E-state index in [2.05, 4.69) is 5.32 Å². The summed E-state index contributed by atoms with van der Waals surface area (Å²) in [6, 6.07) is 8.16. The van der Waals surface area contributed by atoms with Crippen LogP contribution in [0.15, 0.2) is 36.4 Å².